The summed E-state index contributed by atoms with van der Waals surface area (Å²) in [5, 5.41) is 13.2. The zero-order chi connectivity index (χ0) is 22.8. The lowest BCUT2D eigenvalue weighted by Crippen LogP contribution is -2.42. The van der Waals surface area contributed by atoms with Crippen LogP contribution in [0.4, 0.5) is 4.39 Å². The summed E-state index contributed by atoms with van der Waals surface area (Å²) in [4.78, 5) is 16.0. The number of methoxy groups -OCH3 is 2. The summed E-state index contributed by atoms with van der Waals surface area (Å²) >= 11 is 0. The van der Waals surface area contributed by atoms with Gasteiger partial charge in [0.25, 0.3) is 5.91 Å². The first kappa shape index (κ1) is 22.6. The van der Waals surface area contributed by atoms with Crippen molar-refractivity contribution in [3.8, 4) is 22.8 Å². The number of hydrogen-bond acceptors (Lipinski definition) is 4. The molecule has 7 heteroatoms. The van der Waals surface area contributed by atoms with Crippen molar-refractivity contribution in [2.45, 2.75) is 39.0 Å². The number of rotatable bonds is 8. The topological polar surface area (TPSA) is 83.6 Å². The van der Waals surface area contributed by atoms with E-state index in [1.165, 1.54) is 13.8 Å². The Hall–Kier alpha value is -3.06. The molecule has 0 aliphatic heterocycles. The summed E-state index contributed by atoms with van der Waals surface area (Å²) in [5.74, 6) is 0.898. The van der Waals surface area contributed by atoms with Crippen LogP contribution in [-0.2, 0) is 6.42 Å². The smallest absolute Gasteiger partial charge is 0.251 e. The molecular weight excluding hydrogens is 399 g/mol. The second-order valence-corrected chi connectivity index (χ2v) is 7.99. The number of aliphatic hydroxyl groups is 1. The average Bonchev–Trinajstić information content (AvgIpc) is 3.13. The molecule has 166 valence electrons. The van der Waals surface area contributed by atoms with E-state index < -0.39 is 11.8 Å². The number of amides is 1. The molecule has 3 rings (SSSR count). The van der Waals surface area contributed by atoms with Crippen LogP contribution in [0.1, 0.15) is 36.7 Å². The van der Waals surface area contributed by atoms with Crippen LogP contribution in [0, 0.1) is 0 Å². The number of aromatic nitrogens is 1. The minimum absolute atomic E-state index is 0.259. The van der Waals surface area contributed by atoms with Crippen LogP contribution in [0.3, 0.4) is 0 Å². The van der Waals surface area contributed by atoms with E-state index in [2.05, 4.69) is 17.2 Å². The van der Waals surface area contributed by atoms with Gasteiger partial charge in [0.1, 0.15) is 6.17 Å². The molecule has 3 aromatic rings. The van der Waals surface area contributed by atoms with Gasteiger partial charge in [-0.2, -0.15) is 0 Å². The van der Waals surface area contributed by atoms with Gasteiger partial charge in [0.2, 0.25) is 0 Å². The Morgan fingerprint density at radius 1 is 1.16 bits per heavy atom. The number of aromatic amines is 1. The first-order chi connectivity index (χ1) is 14.7. The van der Waals surface area contributed by atoms with Gasteiger partial charge in [-0.3, -0.25) is 4.79 Å². The maximum atomic E-state index is 14.0. The van der Waals surface area contributed by atoms with E-state index in [1.807, 2.05) is 30.3 Å². The Morgan fingerprint density at radius 3 is 2.48 bits per heavy atom. The number of carbonyl (C=O) groups is 1. The molecule has 1 amide bonds. The Morgan fingerprint density at radius 2 is 1.87 bits per heavy atom. The zero-order valence-corrected chi connectivity index (χ0v) is 18.5. The highest BCUT2D eigenvalue weighted by molar-refractivity contribution is 6.00. The van der Waals surface area contributed by atoms with Gasteiger partial charge in [-0.05, 0) is 62.2 Å². The van der Waals surface area contributed by atoms with Crippen molar-refractivity contribution in [2.24, 2.45) is 0 Å². The number of carbonyl (C=O) groups excluding carboxylic acids is 1. The lowest BCUT2D eigenvalue weighted by molar-refractivity contribution is -0.00177. The van der Waals surface area contributed by atoms with Crippen LogP contribution in [0.25, 0.3) is 22.2 Å². The maximum absolute atomic E-state index is 14.0. The van der Waals surface area contributed by atoms with Crippen LogP contribution in [0.5, 0.6) is 11.5 Å². The van der Waals surface area contributed by atoms with E-state index in [4.69, 9.17) is 9.47 Å². The number of nitrogens with one attached hydrogen (secondary N) is 2. The summed E-state index contributed by atoms with van der Waals surface area (Å²) in [5.41, 5.74) is 2.78. The van der Waals surface area contributed by atoms with Crippen LogP contribution < -0.4 is 14.8 Å². The van der Waals surface area contributed by atoms with Crippen LogP contribution in [0.2, 0.25) is 0 Å². The second-order valence-electron chi connectivity index (χ2n) is 7.99. The molecule has 0 bridgehead atoms. The molecule has 1 unspecified atom stereocenters. The van der Waals surface area contributed by atoms with Crippen molar-refractivity contribution < 1.29 is 23.8 Å². The minimum atomic E-state index is -1.56. The number of hydrogen-bond donors (Lipinski definition) is 3. The Bertz CT molecular complexity index is 1090. The summed E-state index contributed by atoms with van der Waals surface area (Å²) in [6.07, 6.45) is -0.810. The predicted octanol–water partition coefficient (Wildman–Crippen LogP) is 4.25. The van der Waals surface area contributed by atoms with E-state index in [9.17, 15) is 14.3 Å². The Balaban J connectivity index is 1.95. The third-order valence-corrected chi connectivity index (χ3v) is 5.40. The molecule has 0 saturated heterocycles. The first-order valence-corrected chi connectivity index (χ1v) is 10.2. The van der Waals surface area contributed by atoms with Crippen molar-refractivity contribution in [3.05, 3.63) is 47.5 Å². The largest absolute Gasteiger partial charge is 0.493 e. The van der Waals surface area contributed by atoms with Gasteiger partial charge in [0, 0.05) is 27.7 Å². The summed E-state index contributed by atoms with van der Waals surface area (Å²) < 4.78 is 24.7. The van der Waals surface area contributed by atoms with E-state index in [-0.39, 0.29) is 12.5 Å². The van der Waals surface area contributed by atoms with E-state index in [1.54, 1.807) is 20.3 Å². The molecule has 1 atom stereocenters. The molecule has 6 nitrogen and oxygen atoms in total. The van der Waals surface area contributed by atoms with Gasteiger partial charge in [0.15, 0.2) is 11.5 Å². The van der Waals surface area contributed by atoms with Crippen LogP contribution >= 0.6 is 0 Å². The third-order valence-electron chi connectivity index (χ3n) is 5.40. The SMILES string of the molecule is CCc1c(-c2ccc(OC)c(OC)c2)[nH]c2ccc(C(=O)NCC(F)C(C)(C)O)cc12. The average molecular weight is 429 g/mol. The standard InChI is InChI=1S/C24H29FN2O4/c1-6-16-17-11-15(23(28)26-13-21(25)24(2,3)29)7-9-18(17)27-22(16)14-8-10-19(30-4)20(12-14)31-5/h7-12,21,27,29H,6,13H2,1-5H3,(H,26,28). The van der Waals surface area contributed by atoms with Crippen molar-refractivity contribution >= 4 is 16.8 Å². The van der Waals surface area contributed by atoms with Crippen molar-refractivity contribution in [1.29, 1.82) is 0 Å². The number of fused-ring (bicyclic) bond motifs is 1. The highest BCUT2D eigenvalue weighted by Crippen LogP contribution is 2.36. The summed E-state index contributed by atoms with van der Waals surface area (Å²) in [6.45, 7) is 4.54. The molecule has 1 heterocycles. The molecule has 31 heavy (non-hydrogen) atoms. The van der Waals surface area contributed by atoms with Crippen LogP contribution in [0.15, 0.2) is 36.4 Å². The molecule has 0 radical (unpaired) electrons. The fourth-order valence-corrected chi connectivity index (χ4v) is 3.53. The molecule has 0 aliphatic rings. The van der Waals surface area contributed by atoms with Gasteiger partial charge in [-0.1, -0.05) is 6.92 Å². The number of benzene rings is 2. The summed E-state index contributed by atoms with van der Waals surface area (Å²) in [7, 11) is 3.19. The van der Waals surface area contributed by atoms with Crippen molar-refractivity contribution in [3.63, 3.8) is 0 Å². The molecule has 0 saturated carbocycles. The number of halogens is 1. The fraction of sp³-hybridized carbons (Fsp3) is 0.375. The highest BCUT2D eigenvalue weighted by atomic mass is 19.1. The number of aryl methyl sites for hydroxylation is 1. The van der Waals surface area contributed by atoms with Crippen molar-refractivity contribution in [1.82, 2.24) is 10.3 Å². The second kappa shape index (κ2) is 8.98. The monoisotopic (exact) mass is 428 g/mol. The highest BCUT2D eigenvalue weighted by Gasteiger charge is 2.27. The predicted molar refractivity (Wildman–Crippen MR) is 120 cm³/mol. The van der Waals surface area contributed by atoms with E-state index >= 15 is 0 Å². The molecule has 0 spiro atoms. The molecule has 3 N–H and O–H groups in total. The molecule has 0 fully saturated rings. The number of H-pyrrole nitrogens is 1. The van der Waals surface area contributed by atoms with E-state index in [0.29, 0.717) is 17.1 Å². The first-order valence-electron chi connectivity index (χ1n) is 10.2. The molecule has 2 aromatic carbocycles. The zero-order valence-electron chi connectivity index (χ0n) is 18.5. The maximum Gasteiger partial charge on any atom is 0.251 e. The van der Waals surface area contributed by atoms with Crippen molar-refractivity contribution in [2.75, 3.05) is 20.8 Å². The molecular formula is C24H29FN2O4. The Labute approximate surface area is 181 Å². The molecule has 1 aromatic heterocycles. The van der Waals surface area contributed by atoms with Gasteiger partial charge in [-0.25, -0.2) is 4.39 Å². The van der Waals surface area contributed by atoms with Crippen LogP contribution in [-0.4, -0.2) is 48.5 Å². The van der Waals surface area contributed by atoms with E-state index in [0.717, 1.165) is 34.1 Å². The van der Waals surface area contributed by atoms with Gasteiger partial charge >= 0.3 is 0 Å². The Kier molecular flexibility index (Phi) is 6.55. The minimum Gasteiger partial charge on any atom is -0.493 e. The number of ether oxygens (including phenoxy) is 2. The summed E-state index contributed by atoms with van der Waals surface area (Å²) in [6, 6.07) is 11.1. The number of alkyl halides is 1. The van der Waals surface area contributed by atoms with Gasteiger partial charge in [-0.15, -0.1) is 0 Å². The third kappa shape index (κ3) is 4.66. The lowest BCUT2D eigenvalue weighted by atomic mass is 10.0. The quantitative estimate of drug-likeness (QED) is 0.501. The molecule has 0 aliphatic carbocycles. The van der Waals surface area contributed by atoms with Gasteiger partial charge < -0.3 is 24.9 Å². The lowest BCUT2D eigenvalue weighted by Gasteiger charge is -2.22. The fourth-order valence-electron chi connectivity index (χ4n) is 3.53. The van der Waals surface area contributed by atoms with Gasteiger partial charge in [0.05, 0.1) is 26.4 Å². The normalized spacial score (nSPS) is 12.6.